The van der Waals surface area contributed by atoms with Crippen LogP contribution < -0.4 is 5.32 Å². The predicted molar refractivity (Wildman–Crippen MR) is 92.9 cm³/mol. The van der Waals surface area contributed by atoms with Crippen molar-refractivity contribution >= 4 is 29.4 Å². The number of carbonyl (C=O) groups excluding carboxylic acids is 4. The number of fused-ring (bicyclic) bond motifs is 1. The van der Waals surface area contributed by atoms with Gasteiger partial charge in [0.25, 0.3) is 5.91 Å². The monoisotopic (exact) mass is 369 g/mol. The first-order valence-corrected chi connectivity index (χ1v) is 8.81. The van der Waals surface area contributed by atoms with E-state index < -0.39 is 25.0 Å². The lowest BCUT2D eigenvalue weighted by atomic mass is 9.81. The first-order chi connectivity index (χ1) is 13.0. The number of imide groups is 1. The number of hydrogen-bond donors (Lipinski definition) is 1. The number of anilines is 1. The summed E-state index contributed by atoms with van der Waals surface area (Å²) >= 11 is 0. The van der Waals surface area contributed by atoms with Crippen molar-refractivity contribution in [1.82, 2.24) is 4.90 Å². The van der Waals surface area contributed by atoms with Gasteiger partial charge in [0.15, 0.2) is 6.61 Å². The lowest BCUT2D eigenvalue weighted by molar-refractivity contribution is -0.154. The second-order valence-electron chi connectivity index (χ2n) is 6.63. The Hall–Kier alpha value is -3.21. The van der Waals surface area contributed by atoms with Crippen LogP contribution in [0.5, 0.6) is 0 Å². The van der Waals surface area contributed by atoms with Crippen LogP contribution in [0.4, 0.5) is 5.69 Å². The normalized spacial score (nSPS) is 21.4. The molecule has 1 aromatic carbocycles. The minimum Gasteiger partial charge on any atom is -0.454 e. The van der Waals surface area contributed by atoms with E-state index in [1.165, 1.54) is 0 Å². The summed E-state index contributed by atoms with van der Waals surface area (Å²) in [6, 6.07) is 8.37. The lowest BCUT2D eigenvalue weighted by Gasteiger charge is -2.19. The Balaban J connectivity index is 1.51. The van der Waals surface area contributed by atoms with Crippen LogP contribution in [0.1, 0.15) is 31.2 Å². The Morgan fingerprint density at radius 3 is 2.41 bits per heavy atom. The molecule has 1 aromatic rings. The fourth-order valence-corrected chi connectivity index (χ4v) is 3.58. The molecule has 8 heteroatoms. The molecule has 140 valence electrons. The lowest BCUT2D eigenvalue weighted by Crippen LogP contribution is -2.37. The third-order valence-electron chi connectivity index (χ3n) is 4.91. The zero-order valence-corrected chi connectivity index (χ0v) is 14.6. The van der Waals surface area contributed by atoms with Gasteiger partial charge in [-0.25, -0.2) is 0 Å². The predicted octanol–water partition coefficient (Wildman–Crippen LogP) is 1.22. The van der Waals surface area contributed by atoms with Crippen LogP contribution in [0.2, 0.25) is 0 Å². The van der Waals surface area contributed by atoms with Gasteiger partial charge < -0.3 is 10.1 Å². The smallest absolute Gasteiger partial charge is 0.326 e. The maximum Gasteiger partial charge on any atom is 0.326 e. The zero-order valence-electron chi connectivity index (χ0n) is 14.6. The highest BCUT2D eigenvalue weighted by Crippen LogP contribution is 2.37. The molecule has 0 spiro atoms. The van der Waals surface area contributed by atoms with Crippen LogP contribution in [-0.2, 0) is 23.9 Å². The van der Waals surface area contributed by atoms with Crippen LogP contribution in [-0.4, -0.2) is 41.7 Å². The molecule has 3 amide bonds. The first kappa shape index (κ1) is 18.6. The van der Waals surface area contributed by atoms with E-state index in [0.717, 1.165) is 17.7 Å². The van der Waals surface area contributed by atoms with Crippen molar-refractivity contribution in [2.75, 3.05) is 18.5 Å². The summed E-state index contributed by atoms with van der Waals surface area (Å²) in [5, 5.41) is 11.5. The molecular formula is C19H19N3O5. The van der Waals surface area contributed by atoms with E-state index in [-0.39, 0.29) is 29.2 Å². The third kappa shape index (κ3) is 3.97. The van der Waals surface area contributed by atoms with E-state index in [1.807, 2.05) is 6.07 Å². The Morgan fingerprint density at radius 1 is 1.15 bits per heavy atom. The van der Waals surface area contributed by atoms with Gasteiger partial charge in [0.1, 0.15) is 12.6 Å². The molecule has 2 aliphatic rings. The molecule has 0 unspecified atom stereocenters. The van der Waals surface area contributed by atoms with Gasteiger partial charge in [-0.3, -0.25) is 24.1 Å². The second-order valence-corrected chi connectivity index (χ2v) is 6.63. The van der Waals surface area contributed by atoms with Gasteiger partial charge in [-0.05, 0) is 25.0 Å². The summed E-state index contributed by atoms with van der Waals surface area (Å²) in [6.45, 7) is -1.05. The average Bonchev–Trinajstić information content (AvgIpc) is 2.92. The maximum absolute atomic E-state index is 12.3. The van der Waals surface area contributed by atoms with Crippen LogP contribution >= 0.6 is 0 Å². The van der Waals surface area contributed by atoms with Crippen LogP contribution in [0.25, 0.3) is 0 Å². The minimum atomic E-state index is -0.820. The number of benzene rings is 1. The second kappa shape index (κ2) is 7.99. The molecule has 2 fully saturated rings. The highest BCUT2D eigenvalue weighted by molar-refractivity contribution is 6.07. The van der Waals surface area contributed by atoms with E-state index in [2.05, 4.69) is 5.32 Å². The number of amides is 3. The fourth-order valence-electron chi connectivity index (χ4n) is 3.58. The van der Waals surface area contributed by atoms with Crippen molar-refractivity contribution in [1.29, 1.82) is 5.26 Å². The Morgan fingerprint density at radius 2 is 1.78 bits per heavy atom. The number of likely N-dealkylation sites (tertiary alicyclic amines) is 1. The number of para-hydroxylation sites is 1. The molecule has 1 saturated carbocycles. The number of esters is 1. The van der Waals surface area contributed by atoms with Gasteiger partial charge in [-0.2, -0.15) is 5.26 Å². The summed E-state index contributed by atoms with van der Waals surface area (Å²) in [6.07, 6.45) is 3.15. The summed E-state index contributed by atoms with van der Waals surface area (Å²) in [5.74, 6) is -2.74. The molecule has 8 nitrogen and oxygen atoms in total. The molecule has 0 aromatic heterocycles. The molecule has 0 bridgehead atoms. The van der Waals surface area contributed by atoms with Crippen LogP contribution in [0.3, 0.4) is 0 Å². The number of carbonyl (C=O) groups is 4. The summed E-state index contributed by atoms with van der Waals surface area (Å²) in [7, 11) is 0. The van der Waals surface area contributed by atoms with E-state index in [0.29, 0.717) is 18.5 Å². The van der Waals surface area contributed by atoms with Gasteiger partial charge in [0.05, 0.1) is 23.1 Å². The number of nitrogens with one attached hydrogen (secondary N) is 1. The third-order valence-corrected chi connectivity index (χ3v) is 4.91. The number of nitriles is 1. The molecule has 0 radical (unpaired) electrons. The molecule has 1 saturated heterocycles. The van der Waals surface area contributed by atoms with Gasteiger partial charge in [0.2, 0.25) is 11.8 Å². The van der Waals surface area contributed by atoms with Gasteiger partial charge in [-0.15, -0.1) is 0 Å². The van der Waals surface area contributed by atoms with E-state index >= 15 is 0 Å². The summed E-state index contributed by atoms with van der Waals surface area (Å²) < 4.78 is 4.88. The Bertz CT molecular complexity index is 805. The number of hydrogen-bond acceptors (Lipinski definition) is 6. The van der Waals surface area contributed by atoms with E-state index in [9.17, 15) is 19.2 Å². The number of nitrogens with zero attached hydrogens (tertiary/aromatic N) is 2. The highest BCUT2D eigenvalue weighted by atomic mass is 16.5. The topological polar surface area (TPSA) is 117 Å². The quantitative estimate of drug-likeness (QED) is 0.616. The Labute approximate surface area is 156 Å². The maximum atomic E-state index is 12.3. The van der Waals surface area contributed by atoms with Crippen molar-refractivity contribution in [2.24, 2.45) is 11.8 Å². The van der Waals surface area contributed by atoms with E-state index in [1.54, 1.807) is 24.3 Å². The van der Waals surface area contributed by atoms with Crippen molar-refractivity contribution in [3.63, 3.8) is 0 Å². The summed E-state index contributed by atoms with van der Waals surface area (Å²) in [4.78, 5) is 49.5. The van der Waals surface area contributed by atoms with Gasteiger partial charge in [0, 0.05) is 0 Å². The molecule has 1 aliphatic carbocycles. The van der Waals surface area contributed by atoms with Crippen molar-refractivity contribution in [2.45, 2.75) is 25.7 Å². The standard InChI is InChI=1S/C19H19N3O5/c20-9-12-5-1-4-8-15(12)21-16(23)11-27-17(24)10-22-18(25)13-6-2-3-7-14(13)19(22)26/h1,4-5,8,13-14H,2-3,6-7,10-11H2,(H,21,23)/t13-,14+. The van der Waals surface area contributed by atoms with E-state index in [4.69, 9.17) is 10.00 Å². The van der Waals surface area contributed by atoms with Crippen LogP contribution in [0, 0.1) is 23.2 Å². The van der Waals surface area contributed by atoms with Crippen molar-refractivity contribution < 1.29 is 23.9 Å². The molecule has 3 rings (SSSR count). The molecule has 2 atom stereocenters. The molecule has 1 aliphatic heterocycles. The number of ether oxygens (including phenoxy) is 1. The number of rotatable bonds is 5. The van der Waals surface area contributed by atoms with Crippen LogP contribution in [0.15, 0.2) is 24.3 Å². The average molecular weight is 369 g/mol. The molecule has 1 heterocycles. The zero-order chi connectivity index (χ0) is 19.4. The first-order valence-electron chi connectivity index (χ1n) is 8.81. The molecule has 1 N–H and O–H groups in total. The molecule has 27 heavy (non-hydrogen) atoms. The van der Waals surface area contributed by atoms with Gasteiger partial charge in [-0.1, -0.05) is 25.0 Å². The Kier molecular flexibility index (Phi) is 5.50. The SMILES string of the molecule is N#Cc1ccccc1NC(=O)COC(=O)CN1C(=O)[C@H]2CCCC[C@H]2C1=O. The summed E-state index contributed by atoms with van der Waals surface area (Å²) in [5.41, 5.74) is 0.600. The minimum absolute atomic E-state index is 0.285. The highest BCUT2D eigenvalue weighted by Gasteiger charge is 2.48. The van der Waals surface area contributed by atoms with Crippen molar-refractivity contribution in [3.05, 3.63) is 29.8 Å². The fraction of sp³-hybridized carbons (Fsp3) is 0.421. The molecular weight excluding hydrogens is 350 g/mol. The largest absolute Gasteiger partial charge is 0.454 e. The van der Waals surface area contributed by atoms with Gasteiger partial charge >= 0.3 is 5.97 Å². The van der Waals surface area contributed by atoms with Crippen molar-refractivity contribution in [3.8, 4) is 6.07 Å².